The van der Waals surface area contributed by atoms with Crippen LogP contribution in [0.5, 0.6) is 0 Å². The number of rotatable bonds is 7. The van der Waals surface area contributed by atoms with Crippen LogP contribution in [0, 0.1) is 5.41 Å². The Morgan fingerprint density at radius 1 is 1.33 bits per heavy atom. The fourth-order valence-electron chi connectivity index (χ4n) is 1.78. The van der Waals surface area contributed by atoms with Crippen molar-refractivity contribution >= 4 is 16.9 Å². The first-order valence-electron chi connectivity index (χ1n) is 6.53. The number of thioether (sulfide) groups is 1. The lowest BCUT2D eigenvalue weighted by atomic mass is 9.90. The Hall–Kier alpha value is -0.260. The third-order valence-corrected chi connectivity index (χ3v) is 3.66. The van der Waals surface area contributed by atoms with Gasteiger partial charge in [-0.3, -0.25) is 4.99 Å². The number of ether oxygens (including phenoxy) is 2. The maximum atomic E-state index is 5.39. The summed E-state index contributed by atoms with van der Waals surface area (Å²) in [6, 6.07) is 0. The van der Waals surface area contributed by atoms with Gasteiger partial charge in [0, 0.05) is 18.9 Å². The molecule has 5 heteroatoms. The van der Waals surface area contributed by atoms with Crippen LogP contribution in [-0.2, 0) is 9.47 Å². The minimum absolute atomic E-state index is 0.381. The van der Waals surface area contributed by atoms with Crippen LogP contribution >= 0.6 is 11.8 Å². The fourth-order valence-corrected chi connectivity index (χ4v) is 3.16. The normalized spacial score (nSPS) is 20.0. The second-order valence-corrected chi connectivity index (χ2v) is 6.97. The molecule has 106 valence electrons. The molecule has 0 aromatic rings. The first-order chi connectivity index (χ1) is 8.51. The van der Waals surface area contributed by atoms with Crippen molar-refractivity contribution in [1.29, 1.82) is 0 Å². The molecule has 1 aliphatic rings. The molecule has 1 aliphatic heterocycles. The molecule has 0 bridgehead atoms. The summed E-state index contributed by atoms with van der Waals surface area (Å²) in [5.41, 5.74) is 0.381. The molecule has 0 radical (unpaired) electrons. The second kappa shape index (κ2) is 8.02. The average Bonchev–Trinajstić information content (AvgIpc) is 2.68. The first kappa shape index (κ1) is 15.8. The number of aliphatic imine (C=N–C) groups is 1. The van der Waals surface area contributed by atoms with Gasteiger partial charge in [0.1, 0.15) is 0 Å². The van der Waals surface area contributed by atoms with Gasteiger partial charge in [-0.1, -0.05) is 32.5 Å². The standard InChI is InChI=1S/C13H26N2O2S/c1-13(2,3)9-11-10-15-12(18-11)14-5-6-17-8-7-16-4/h11H,5-10H2,1-4H3,(H,14,15). The monoisotopic (exact) mass is 274 g/mol. The van der Waals surface area contributed by atoms with Gasteiger partial charge in [0.2, 0.25) is 0 Å². The highest BCUT2D eigenvalue weighted by Gasteiger charge is 2.24. The summed E-state index contributed by atoms with van der Waals surface area (Å²) in [6.45, 7) is 10.6. The van der Waals surface area contributed by atoms with Crippen LogP contribution in [0.4, 0.5) is 0 Å². The van der Waals surface area contributed by atoms with Crippen molar-refractivity contribution < 1.29 is 9.47 Å². The number of amidine groups is 1. The van der Waals surface area contributed by atoms with Crippen LogP contribution < -0.4 is 5.32 Å². The van der Waals surface area contributed by atoms with E-state index in [1.807, 2.05) is 11.8 Å². The van der Waals surface area contributed by atoms with Crippen LogP contribution in [0.1, 0.15) is 27.2 Å². The van der Waals surface area contributed by atoms with Gasteiger partial charge in [0.25, 0.3) is 0 Å². The Morgan fingerprint density at radius 2 is 2.11 bits per heavy atom. The molecule has 4 nitrogen and oxygen atoms in total. The third kappa shape index (κ3) is 7.24. The minimum Gasteiger partial charge on any atom is -0.382 e. The maximum absolute atomic E-state index is 5.39. The molecule has 18 heavy (non-hydrogen) atoms. The van der Waals surface area contributed by atoms with Gasteiger partial charge in [-0.05, 0) is 11.8 Å². The fraction of sp³-hybridized carbons (Fsp3) is 0.923. The van der Waals surface area contributed by atoms with Crippen LogP contribution in [0.2, 0.25) is 0 Å². The molecule has 0 aliphatic carbocycles. The molecule has 1 N–H and O–H groups in total. The van der Waals surface area contributed by atoms with Crippen molar-refractivity contribution in [2.24, 2.45) is 10.4 Å². The van der Waals surface area contributed by atoms with Gasteiger partial charge in [-0.15, -0.1) is 0 Å². The van der Waals surface area contributed by atoms with E-state index in [2.05, 4.69) is 31.1 Å². The van der Waals surface area contributed by atoms with E-state index < -0.39 is 0 Å². The van der Waals surface area contributed by atoms with Crippen molar-refractivity contribution in [1.82, 2.24) is 5.32 Å². The minimum atomic E-state index is 0.381. The molecule has 0 amide bonds. The molecule has 1 rings (SSSR count). The van der Waals surface area contributed by atoms with Crippen molar-refractivity contribution in [2.45, 2.75) is 32.4 Å². The van der Waals surface area contributed by atoms with Gasteiger partial charge in [0.05, 0.1) is 26.4 Å². The molecular weight excluding hydrogens is 248 g/mol. The lowest BCUT2D eigenvalue weighted by Crippen LogP contribution is -2.25. The predicted octanol–water partition coefficient (Wildman–Crippen LogP) is 2.15. The predicted molar refractivity (Wildman–Crippen MR) is 78.5 cm³/mol. The summed E-state index contributed by atoms with van der Waals surface area (Å²) in [6.07, 6.45) is 1.21. The van der Waals surface area contributed by atoms with E-state index in [1.165, 1.54) is 6.42 Å². The highest BCUT2D eigenvalue weighted by Crippen LogP contribution is 2.31. The van der Waals surface area contributed by atoms with Crippen molar-refractivity contribution in [3.63, 3.8) is 0 Å². The zero-order chi connectivity index (χ0) is 13.4. The smallest absolute Gasteiger partial charge is 0.157 e. The lowest BCUT2D eigenvalue weighted by molar-refractivity contribution is 0.0734. The SMILES string of the molecule is COCCOCCNC1=NCC(CC(C)(C)C)S1. The molecule has 0 saturated carbocycles. The van der Waals surface area contributed by atoms with Crippen LogP contribution in [0.3, 0.4) is 0 Å². The van der Waals surface area contributed by atoms with Crippen LogP contribution in [0.25, 0.3) is 0 Å². The number of hydrogen-bond donors (Lipinski definition) is 1. The molecule has 0 aromatic heterocycles. The largest absolute Gasteiger partial charge is 0.382 e. The Kier molecular flexibility index (Phi) is 7.04. The molecular formula is C13H26N2O2S. The van der Waals surface area contributed by atoms with Gasteiger partial charge < -0.3 is 14.8 Å². The highest BCUT2D eigenvalue weighted by atomic mass is 32.2. The van der Waals surface area contributed by atoms with Crippen LogP contribution in [0.15, 0.2) is 4.99 Å². The van der Waals surface area contributed by atoms with Crippen molar-refractivity contribution in [3.8, 4) is 0 Å². The molecule has 0 aromatic carbocycles. The zero-order valence-electron chi connectivity index (χ0n) is 12.0. The van der Waals surface area contributed by atoms with E-state index in [9.17, 15) is 0 Å². The number of nitrogens with zero attached hydrogens (tertiary/aromatic N) is 1. The number of nitrogens with one attached hydrogen (secondary N) is 1. The summed E-state index contributed by atoms with van der Waals surface area (Å²) in [7, 11) is 1.68. The quantitative estimate of drug-likeness (QED) is 0.722. The van der Waals surface area contributed by atoms with E-state index in [0.717, 1.165) is 18.3 Å². The van der Waals surface area contributed by atoms with Crippen LogP contribution in [-0.4, -0.2) is 50.4 Å². The molecule has 0 saturated heterocycles. The topological polar surface area (TPSA) is 42.9 Å². The summed E-state index contributed by atoms with van der Waals surface area (Å²) >= 11 is 1.86. The highest BCUT2D eigenvalue weighted by molar-refractivity contribution is 8.14. The van der Waals surface area contributed by atoms with E-state index in [-0.39, 0.29) is 0 Å². The van der Waals surface area contributed by atoms with Gasteiger partial charge in [-0.2, -0.15) is 0 Å². The van der Waals surface area contributed by atoms with E-state index >= 15 is 0 Å². The number of methoxy groups -OCH3 is 1. The molecule has 1 heterocycles. The van der Waals surface area contributed by atoms with Crippen molar-refractivity contribution in [2.75, 3.05) is 40.0 Å². The van der Waals surface area contributed by atoms with Gasteiger partial charge in [-0.25, -0.2) is 0 Å². The van der Waals surface area contributed by atoms with Gasteiger partial charge in [0.15, 0.2) is 5.17 Å². The van der Waals surface area contributed by atoms with E-state index in [0.29, 0.717) is 30.5 Å². The van der Waals surface area contributed by atoms with E-state index in [4.69, 9.17) is 9.47 Å². The molecule has 0 fully saturated rings. The lowest BCUT2D eigenvalue weighted by Gasteiger charge is -2.21. The second-order valence-electron chi connectivity index (χ2n) is 5.68. The maximum Gasteiger partial charge on any atom is 0.157 e. The summed E-state index contributed by atoms with van der Waals surface area (Å²) in [5, 5.41) is 5.02. The Labute approximate surface area is 115 Å². The molecule has 0 spiro atoms. The number of hydrogen-bond acceptors (Lipinski definition) is 5. The average molecular weight is 274 g/mol. The third-order valence-electron chi connectivity index (χ3n) is 2.51. The Morgan fingerprint density at radius 3 is 2.78 bits per heavy atom. The molecule has 1 atom stereocenters. The Bertz CT molecular complexity index is 264. The Balaban J connectivity index is 2.04. The molecule has 1 unspecified atom stereocenters. The summed E-state index contributed by atoms with van der Waals surface area (Å²) in [4.78, 5) is 4.52. The van der Waals surface area contributed by atoms with E-state index in [1.54, 1.807) is 7.11 Å². The summed E-state index contributed by atoms with van der Waals surface area (Å²) < 4.78 is 10.3. The van der Waals surface area contributed by atoms with Crippen molar-refractivity contribution in [3.05, 3.63) is 0 Å². The first-order valence-corrected chi connectivity index (χ1v) is 7.41. The zero-order valence-corrected chi connectivity index (χ0v) is 12.8. The van der Waals surface area contributed by atoms with Gasteiger partial charge >= 0.3 is 0 Å². The summed E-state index contributed by atoms with van der Waals surface area (Å²) in [5.74, 6) is 0.